The minimum absolute atomic E-state index is 0.250. The van der Waals surface area contributed by atoms with Gasteiger partial charge in [0.25, 0.3) is 0 Å². The minimum atomic E-state index is 0.250. The van der Waals surface area contributed by atoms with Crippen LogP contribution >= 0.6 is 11.3 Å². The summed E-state index contributed by atoms with van der Waals surface area (Å²) in [5.74, 6) is 3.01. The van der Waals surface area contributed by atoms with Crippen molar-refractivity contribution in [2.45, 2.75) is 53.0 Å². The standard InChI is InChI=1S/C20H24N6OS.C2H6O/c1-4-19-25-26-20(28-19)10-22-17-8-18(24-13(3)23-17)27-11-14-7-15(14)16-6-5-12(2)9-21-16;1-2-3/h5-6,8-9,14-15H,4,7,10-11H2,1-3H3,(H,22,23,24);3H,2H2,1H3/t14-,15?;/m1./s1. The number of hydrogen-bond acceptors (Lipinski definition) is 9. The molecule has 8 nitrogen and oxygen atoms in total. The maximum atomic E-state index is 7.57. The molecule has 9 heteroatoms. The van der Waals surface area contributed by atoms with Crippen LogP contribution in [0.15, 0.2) is 24.4 Å². The predicted molar refractivity (Wildman–Crippen MR) is 121 cm³/mol. The zero-order chi connectivity index (χ0) is 22.2. The van der Waals surface area contributed by atoms with Gasteiger partial charge in [-0.05, 0) is 45.2 Å². The van der Waals surface area contributed by atoms with E-state index in [9.17, 15) is 0 Å². The zero-order valence-corrected chi connectivity index (χ0v) is 19.3. The highest BCUT2D eigenvalue weighted by atomic mass is 32.1. The van der Waals surface area contributed by atoms with Gasteiger partial charge in [-0.25, -0.2) is 4.98 Å². The van der Waals surface area contributed by atoms with Gasteiger partial charge in [0.2, 0.25) is 5.88 Å². The largest absolute Gasteiger partial charge is 0.477 e. The Kier molecular flexibility index (Phi) is 8.25. The van der Waals surface area contributed by atoms with E-state index in [0.717, 1.165) is 34.4 Å². The molecule has 1 fully saturated rings. The highest BCUT2D eigenvalue weighted by Crippen LogP contribution is 2.46. The van der Waals surface area contributed by atoms with Crippen molar-refractivity contribution in [3.8, 4) is 5.88 Å². The van der Waals surface area contributed by atoms with Crippen molar-refractivity contribution in [1.82, 2.24) is 25.1 Å². The van der Waals surface area contributed by atoms with Crippen molar-refractivity contribution >= 4 is 17.2 Å². The Morgan fingerprint density at radius 2 is 1.94 bits per heavy atom. The van der Waals surface area contributed by atoms with E-state index in [2.05, 4.69) is 56.4 Å². The van der Waals surface area contributed by atoms with E-state index in [-0.39, 0.29) is 6.61 Å². The van der Waals surface area contributed by atoms with Crippen molar-refractivity contribution in [3.05, 3.63) is 51.5 Å². The first-order valence-electron chi connectivity index (χ1n) is 10.6. The van der Waals surface area contributed by atoms with Crippen LogP contribution in [0, 0.1) is 19.8 Å². The third-order valence-corrected chi connectivity index (χ3v) is 5.80. The fraction of sp³-hybridized carbons (Fsp3) is 0.500. The average Bonchev–Trinajstić information content (AvgIpc) is 3.38. The Bertz CT molecular complexity index is 963. The minimum Gasteiger partial charge on any atom is -0.477 e. The van der Waals surface area contributed by atoms with Crippen molar-refractivity contribution in [2.24, 2.45) is 5.92 Å². The number of ether oxygens (including phenoxy) is 1. The lowest BCUT2D eigenvalue weighted by Gasteiger charge is -2.09. The second-order valence-electron chi connectivity index (χ2n) is 7.43. The smallest absolute Gasteiger partial charge is 0.218 e. The van der Waals surface area contributed by atoms with Crippen LogP contribution in [0.1, 0.15) is 53.3 Å². The summed E-state index contributed by atoms with van der Waals surface area (Å²) in [6.45, 7) is 9.17. The molecule has 1 aliphatic carbocycles. The summed E-state index contributed by atoms with van der Waals surface area (Å²) in [5, 5.41) is 21.2. The molecule has 3 aromatic heterocycles. The molecule has 3 aromatic rings. The van der Waals surface area contributed by atoms with Crippen LogP contribution in [0.2, 0.25) is 0 Å². The van der Waals surface area contributed by atoms with Gasteiger partial charge < -0.3 is 15.2 Å². The quantitative estimate of drug-likeness (QED) is 0.544. The van der Waals surface area contributed by atoms with Crippen LogP contribution in [0.25, 0.3) is 0 Å². The molecule has 0 bridgehead atoms. The Morgan fingerprint density at radius 1 is 1.16 bits per heavy atom. The highest BCUT2D eigenvalue weighted by Gasteiger charge is 2.40. The van der Waals surface area contributed by atoms with E-state index in [1.807, 2.05) is 19.2 Å². The summed E-state index contributed by atoms with van der Waals surface area (Å²) in [5.41, 5.74) is 2.34. The molecule has 0 aliphatic heterocycles. The van der Waals surface area contributed by atoms with E-state index in [0.29, 0.717) is 36.7 Å². The van der Waals surface area contributed by atoms with Gasteiger partial charge in [0, 0.05) is 36.4 Å². The third kappa shape index (κ3) is 6.93. The van der Waals surface area contributed by atoms with Crippen LogP contribution in [-0.4, -0.2) is 43.5 Å². The normalized spacial score (nSPS) is 16.9. The third-order valence-electron chi connectivity index (χ3n) is 4.73. The molecule has 1 aliphatic rings. The number of nitrogens with one attached hydrogen (secondary N) is 1. The first-order valence-corrected chi connectivity index (χ1v) is 11.4. The average molecular weight is 443 g/mol. The van der Waals surface area contributed by atoms with Gasteiger partial charge in [0.1, 0.15) is 21.7 Å². The molecular weight excluding hydrogens is 412 g/mol. The van der Waals surface area contributed by atoms with Crippen LogP contribution in [0.5, 0.6) is 5.88 Å². The number of rotatable bonds is 8. The zero-order valence-electron chi connectivity index (χ0n) is 18.5. The van der Waals surface area contributed by atoms with Gasteiger partial charge in [0.05, 0.1) is 13.2 Å². The van der Waals surface area contributed by atoms with Crippen molar-refractivity contribution in [3.63, 3.8) is 0 Å². The molecule has 4 rings (SSSR count). The Morgan fingerprint density at radius 3 is 2.61 bits per heavy atom. The van der Waals surface area contributed by atoms with Gasteiger partial charge in [-0.3, -0.25) is 4.98 Å². The SMILES string of the molecule is CCO.CCc1nnc(CNc2cc(OC[C@H]3CC3c3ccc(C)cn3)nc(C)n2)s1. The molecule has 2 N–H and O–H groups in total. The summed E-state index contributed by atoms with van der Waals surface area (Å²) < 4.78 is 5.96. The molecule has 31 heavy (non-hydrogen) atoms. The number of aliphatic hydroxyl groups excluding tert-OH is 1. The lowest BCUT2D eigenvalue weighted by Crippen LogP contribution is -2.07. The molecule has 0 saturated heterocycles. The summed E-state index contributed by atoms with van der Waals surface area (Å²) in [4.78, 5) is 13.4. The van der Waals surface area contributed by atoms with E-state index in [4.69, 9.17) is 9.84 Å². The first kappa shape index (κ1) is 23.0. The number of pyridine rings is 1. The van der Waals surface area contributed by atoms with Gasteiger partial charge >= 0.3 is 0 Å². The van der Waals surface area contributed by atoms with E-state index in [1.54, 1.807) is 18.3 Å². The Balaban J connectivity index is 0.000000858. The highest BCUT2D eigenvalue weighted by molar-refractivity contribution is 7.11. The van der Waals surface area contributed by atoms with Gasteiger partial charge in [-0.15, -0.1) is 10.2 Å². The van der Waals surface area contributed by atoms with Crippen LogP contribution in [0.3, 0.4) is 0 Å². The molecule has 2 atom stereocenters. The Labute approximate surface area is 187 Å². The number of anilines is 1. The fourth-order valence-corrected chi connectivity index (χ4v) is 3.78. The van der Waals surface area contributed by atoms with Crippen LogP contribution in [0.4, 0.5) is 5.82 Å². The molecule has 0 radical (unpaired) electrons. The topological polar surface area (TPSA) is 106 Å². The molecule has 1 saturated carbocycles. The van der Waals surface area contributed by atoms with Crippen molar-refractivity contribution in [2.75, 3.05) is 18.5 Å². The van der Waals surface area contributed by atoms with Crippen molar-refractivity contribution in [1.29, 1.82) is 0 Å². The number of aryl methyl sites for hydroxylation is 3. The number of aliphatic hydroxyl groups is 1. The summed E-state index contributed by atoms with van der Waals surface area (Å²) in [6.07, 6.45) is 3.95. The fourth-order valence-electron chi connectivity index (χ4n) is 3.06. The molecule has 1 unspecified atom stereocenters. The van der Waals surface area contributed by atoms with Crippen LogP contribution in [-0.2, 0) is 13.0 Å². The summed E-state index contributed by atoms with van der Waals surface area (Å²) in [6, 6.07) is 6.08. The number of aromatic nitrogens is 5. The molecule has 0 aromatic carbocycles. The molecule has 0 amide bonds. The monoisotopic (exact) mass is 442 g/mol. The molecular formula is C22H30N6O2S. The van der Waals surface area contributed by atoms with Gasteiger partial charge in [-0.1, -0.05) is 24.3 Å². The van der Waals surface area contributed by atoms with Crippen molar-refractivity contribution < 1.29 is 9.84 Å². The summed E-state index contributed by atoms with van der Waals surface area (Å²) in [7, 11) is 0. The lowest BCUT2D eigenvalue weighted by molar-refractivity contribution is 0.284. The van der Waals surface area contributed by atoms with Gasteiger partial charge in [0.15, 0.2) is 0 Å². The molecule has 166 valence electrons. The Hall–Kier alpha value is -2.65. The second kappa shape index (κ2) is 11.1. The molecule has 0 spiro atoms. The lowest BCUT2D eigenvalue weighted by atomic mass is 10.2. The van der Waals surface area contributed by atoms with E-state index in [1.165, 1.54) is 5.56 Å². The first-order chi connectivity index (χ1) is 15.0. The number of hydrogen-bond donors (Lipinski definition) is 2. The summed E-state index contributed by atoms with van der Waals surface area (Å²) >= 11 is 1.62. The maximum absolute atomic E-state index is 7.57. The maximum Gasteiger partial charge on any atom is 0.218 e. The predicted octanol–water partition coefficient (Wildman–Crippen LogP) is 3.70. The van der Waals surface area contributed by atoms with E-state index < -0.39 is 0 Å². The van der Waals surface area contributed by atoms with Gasteiger partial charge in [-0.2, -0.15) is 4.98 Å². The molecule has 3 heterocycles. The van der Waals surface area contributed by atoms with E-state index >= 15 is 0 Å². The van der Waals surface area contributed by atoms with Crippen LogP contribution < -0.4 is 10.1 Å². The number of nitrogens with zero attached hydrogens (tertiary/aromatic N) is 5. The second-order valence-corrected chi connectivity index (χ2v) is 8.57.